The van der Waals surface area contributed by atoms with Gasteiger partial charge in [0.1, 0.15) is 11.4 Å². The first-order chi connectivity index (χ1) is 12.7. The van der Waals surface area contributed by atoms with Gasteiger partial charge in [-0.2, -0.15) is 13.2 Å². The summed E-state index contributed by atoms with van der Waals surface area (Å²) in [6, 6.07) is 9.73. The number of ketones is 1. The fraction of sp³-hybridized carbons (Fsp3) is 0.158. The molecule has 8 heteroatoms. The predicted octanol–water partition coefficient (Wildman–Crippen LogP) is 4.59. The Balaban J connectivity index is 2.42. The Morgan fingerprint density at radius 1 is 1.11 bits per heavy atom. The number of anilines is 1. The fourth-order valence-electron chi connectivity index (χ4n) is 2.20. The molecule has 0 saturated carbocycles. The number of halogens is 4. The van der Waals surface area contributed by atoms with Gasteiger partial charge >= 0.3 is 12.1 Å². The summed E-state index contributed by atoms with van der Waals surface area (Å²) < 4.78 is 57.2. The summed E-state index contributed by atoms with van der Waals surface area (Å²) in [6.45, 7) is 1.50. The molecule has 2 aromatic rings. The van der Waals surface area contributed by atoms with Crippen LogP contribution in [-0.2, 0) is 15.7 Å². The van der Waals surface area contributed by atoms with E-state index in [2.05, 4.69) is 5.32 Å². The minimum Gasteiger partial charge on any atom is -0.462 e. The second-order valence-electron chi connectivity index (χ2n) is 5.31. The molecule has 0 aliphatic rings. The molecule has 142 valence electrons. The van der Waals surface area contributed by atoms with Gasteiger partial charge in [0.15, 0.2) is 0 Å². The van der Waals surface area contributed by atoms with Gasteiger partial charge in [0.25, 0.3) is 0 Å². The number of alkyl halides is 3. The van der Waals surface area contributed by atoms with Crippen LogP contribution >= 0.6 is 0 Å². The van der Waals surface area contributed by atoms with Gasteiger partial charge in [0.05, 0.1) is 17.9 Å². The van der Waals surface area contributed by atoms with Crippen molar-refractivity contribution in [1.29, 1.82) is 0 Å². The zero-order valence-electron chi connectivity index (χ0n) is 14.1. The lowest BCUT2D eigenvalue weighted by Gasteiger charge is -2.13. The van der Waals surface area contributed by atoms with Crippen molar-refractivity contribution in [2.24, 2.45) is 0 Å². The van der Waals surface area contributed by atoms with Crippen molar-refractivity contribution in [3.8, 4) is 0 Å². The lowest BCUT2D eigenvalue weighted by atomic mass is 10.0. The Morgan fingerprint density at radius 2 is 1.78 bits per heavy atom. The third-order valence-corrected chi connectivity index (χ3v) is 3.43. The van der Waals surface area contributed by atoms with E-state index in [1.165, 1.54) is 19.1 Å². The molecule has 0 aromatic heterocycles. The number of nitrogens with one attached hydrogen (secondary N) is 1. The van der Waals surface area contributed by atoms with Crippen LogP contribution in [-0.4, -0.2) is 18.4 Å². The minimum absolute atomic E-state index is 0.0252. The van der Waals surface area contributed by atoms with Gasteiger partial charge in [-0.05, 0) is 25.1 Å². The average molecular weight is 381 g/mol. The van der Waals surface area contributed by atoms with Crippen molar-refractivity contribution in [2.75, 3.05) is 11.9 Å². The van der Waals surface area contributed by atoms with E-state index in [1.807, 2.05) is 0 Å². The van der Waals surface area contributed by atoms with Crippen molar-refractivity contribution in [3.63, 3.8) is 0 Å². The van der Waals surface area contributed by atoms with Gasteiger partial charge in [-0.3, -0.25) is 4.79 Å². The van der Waals surface area contributed by atoms with Crippen LogP contribution in [0.25, 0.3) is 0 Å². The molecule has 0 fully saturated rings. The highest BCUT2D eigenvalue weighted by atomic mass is 19.4. The predicted molar refractivity (Wildman–Crippen MR) is 90.5 cm³/mol. The maximum absolute atomic E-state index is 13.2. The largest absolute Gasteiger partial charge is 0.462 e. The van der Waals surface area contributed by atoms with E-state index < -0.39 is 40.6 Å². The first kappa shape index (κ1) is 20.2. The van der Waals surface area contributed by atoms with Crippen molar-refractivity contribution < 1.29 is 31.9 Å². The molecule has 1 N–H and O–H groups in total. The number of ether oxygens (including phenoxy) is 1. The molecule has 0 aliphatic heterocycles. The monoisotopic (exact) mass is 381 g/mol. The van der Waals surface area contributed by atoms with E-state index in [4.69, 9.17) is 4.74 Å². The quantitative estimate of drug-likeness (QED) is 0.199. The third-order valence-electron chi connectivity index (χ3n) is 3.43. The number of Topliss-reactive ketones (excluding diaryl/α,β-unsaturated/α-hetero) is 1. The number of rotatable bonds is 6. The summed E-state index contributed by atoms with van der Waals surface area (Å²) in [7, 11) is 0. The maximum atomic E-state index is 13.2. The summed E-state index contributed by atoms with van der Waals surface area (Å²) >= 11 is 0. The van der Waals surface area contributed by atoms with Gasteiger partial charge in [-0.1, -0.05) is 30.3 Å². The summed E-state index contributed by atoms with van der Waals surface area (Å²) in [6.07, 6.45) is -4.00. The standard InChI is InChI=1S/C19H15F4NO3/c1-2-27-18(26)14(17(25)12-6-4-3-5-7-12)11-24-16-9-8-13(20)10-15(16)19(21,22)23/h3-11,24H,2H2,1H3. The number of carbonyl (C=O) groups excluding carboxylic acids is 2. The lowest BCUT2D eigenvalue weighted by Crippen LogP contribution is -2.18. The first-order valence-corrected chi connectivity index (χ1v) is 7.84. The van der Waals surface area contributed by atoms with Gasteiger partial charge in [0, 0.05) is 11.8 Å². The molecular weight excluding hydrogens is 366 g/mol. The fourth-order valence-corrected chi connectivity index (χ4v) is 2.20. The molecule has 0 radical (unpaired) electrons. The van der Waals surface area contributed by atoms with Crippen molar-refractivity contribution >= 4 is 17.4 Å². The van der Waals surface area contributed by atoms with Crippen LogP contribution in [0.3, 0.4) is 0 Å². The Morgan fingerprint density at radius 3 is 2.37 bits per heavy atom. The Bertz CT molecular complexity index is 861. The molecular formula is C19H15F4NO3. The van der Waals surface area contributed by atoms with Crippen LogP contribution in [0.1, 0.15) is 22.8 Å². The van der Waals surface area contributed by atoms with Crippen LogP contribution in [0.15, 0.2) is 60.3 Å². The second kappa shape index (κ2) is 8.48. The van der Waals surface area contributed by atoms with Gasteiger partial charge in [-0.15, -0.1) is 0 Å². The van der Waals surface area contributed by atoms with E-state index >= 15 is 0 Å². The van der Waals surface area contributed by atoms with Gasteiger partial charge in [-0.25, -0.2) is 9.18 Å². The van der Waals surface area contributed by atoms with Gasteiger partial charge in [0.2, 0.25) is 5.78 Å². The molecule has 4 nitrogen and oxygen atoms in total. The van der Waals surface area contributed by atoms with Crippen LogP contribution in [0.2, 0.25) is 0 Å². The van der Waals surface area contributed by atoms with Crippen molar-refractivity contribution in [3.05, 3.63) is 77.2 Å². The highest BCUT2D eigenvalue weighted by Gasteiger charge is 2.34. The minimum atomic E-state index is -4.83. The first-order valence-electron chi connectivity index (χ1n) is 7.84. The van der Waals surface area contributed by atoms with Crippen molar-refractivity contribution in [1.82, 2.24) is 0 Å². The molecule has 0 unspecified atom stereocenters. The molecule has 0 atom stereocenters. The summed E-state index contributed by atoms with van der Waals surface area (Å²) in [5.74, 6) is -2.78. The highest BCUT2D eigenvalue weighted by Crippen LogP contribution is 2.35. The Kier molecular flexibility index (Phi) is 6.33. The van der Waals surface area contributed by atoms with Gasteiger partial charge < -0.3 is 10.1 Å². The molecule has 2 aromatic carbocycles. The molecule has 0 amide bonds. The SMILES string of the molecule is CCOC(=O)C(=CNc1ccc(F)cc1C(F)(F)F)C(=O)c1ccccc1. The average Bonchev–Trinajstić information content (AvgIpc) is 2.63. The molecule has 0 aliphatic carbocycles. The van der Waals surface area contributed by atoms with E-state index in [9.17, 15) is 27.2 Å². The van der Waals surface area contributed by atoms with Crippen LogP contribution < -0.4 is 5.32 Å². The summed E-state index contributed by atoms with van der Waals surface area (Å²) in [5, 5.41) is 2.27. The van der Waals surface area contributed by atoms with E-state index in [1.54, 1.807) is 18.2 Å². The Labute approximate surface area is 152 Å². The summed E-state index contributed by atoms with van der Waals surface area (Å²) in [5.41, 5.74) is -2.10. The maximum Gasteiger partial charge on any atom is 0.418 e. The van der Waals surface area contributed by atoms with E-state index in [-0.39, 0.29) is 12.2 Å². The topological polar surface area (TPSA) is 55.4 Å². The number of hydrogen-bond acceptors (Lipinski definition) is 4. The van der Waals surface area contributed by atoms with Crippen LogP contribution in [0, 0.1) is 5.82 Å². The molecule has 0 saturated heterocycles. The number of benzene rings is 2. The molecule has 0 spiro atoms. The molecule has 0 bridgehead atoms. The molecule has 2 rings (SSSR count). The third kappa shape index (κ3) is 5.16. The number of hydrogen-bond donors (Lipinski definition) is 1. The Hall–Kier alpha value is -3.16. The second-order valence-corrected chi connectivity index (χ2v) is 5.31. The number of carbonyl (C=O) groups is 2. The van der Waals surface area contributed by atoms with E-state index in [0.717, 1.165) is 18.3 Å². The smallest absolute Gasteiger partial charge is 0.418 e. The summed E-state index contributed by atoms with van der Waals surface area (Å²) in [4.78, 5) is 24.6. The van der Waals surface area contributed by atoms with Crippen LogP contribution in [0.5, 0.6) is 0 Å². The van der Waals surface area contributed by atoms with Crippen LogP contribution in [0.4, 0.5) is 23.2 Å². The zero-order valence-corrected chi connectivity index (χ0v) is 14.1. The molecule has 27 heavy (non-hydrogen) atoms. The lowest BCUT2D eigenvalue weighted by molar-refractivity contribution is -0.138. The number of esters is 1. The molecule has 0 heterocycles. The van der Waals surface area contributed by atoms with E-state index in [0.29, 0.717) is 6.07 Å². The zero-order chi connectivity index (χ0) is 20.0. The van der Waals surface area contributed by atoms with Crippen molar-refractivity contribution in [2.45, 2.75) is 13.1 Å². The normalized spacial score (nSPS) is 11.8. The highest BCUT2D eigenvalue weighted by molar-refractivity contribution is 6.24.